The Kier molecular flexibility index (Phi) is 3.21. The van der Waals surface area contributed by atoms with Gasteiger partial charge in [0.15, 0.2) is 17.3 Å². The molecule has 3 heterocycles. The van der Waals surface area contributed by atoms with Gasteiger partial charge in [0.2, 0.25) is 0 Å². The van der Waals surface area contributed by atoms with E-state index in [1.165, 1.54) is 16.2 Å². The third-order valence-corrected chi connectivity index (χ3v) is 5.38. The van der Waals surface area contributed by atoms with Crippen LogP contribution < -0.4 is 9.80 Å². The summed E-state index contributed by atoms with van der Waals surface area (Å²) in [6, 6.07) is 7.91. The number of nitrogens with zero attached hydrogens (tertiary/aromatic N) is 2. The van der Waals surface area contributed by atoms with E-state index in [0.717, 1.165) is 35.1 Å². The van der Waals surface area contributed by atoms with Gasteiger partial charge in [-0.05, 0) is 24.3 Å². The van der Waals surface area contributed by atoms with Crippen LogP contribution in [0.25, 0.3) is 0 Å². The largest absolute Gasteiger partial charge is 0.301 e. The van der Waals surface area contributed by atoms with Gasteiger partial charge in [-0.1, -0.05) is 11.6 Å². The van der Waals surface area contributed by atoms with Crippen LogP contribution in [0.4, 0.5) is 5.13 Å². The van der Waals surface area contributed by atoms with Crippen LogP contribution >= 0.6 is 22.9 Å². The minimum atomic E-state index is 0.0217. The summed E-state index contributed by atoms with van der Waals surface area (Å²) >= 11 is 7.52. The Bertz CT molecular complexity index is 658. The summed E-state index contributed by atoms with van der Waals surface area (Å²) in [6.07, 6.45) is 3.86. The van der Waals surface area contributed by atoms with Crippen LogP contribution in [0.2, 0.25) is 5.02 Å². The molecule has 4 rings (SSSR count). The number of carbonyl (C=O) groups is 1. The highest BCUT2D eigenvalue weighted by Crippen LogP contribution is 2.32. The van der Waals surface area contributed by atoms with Gasteiger partial charge in [-0.25, -0.2) is 9.88 Å². The monoisotopic (exact) mass is 320 g/mol. The van der Waals surface area contributed by atoms with E-state index in [1.807, 2.05) is 34.5 Å². The Hall–Kier alpha value is -1.43. The summed E-state index contributed by atoms with van der Waals surface area (Å²) in [7, 11) is 0. The van der Waals surface area contributed by atoms with Crippen molar-refractivity contribution in [3.05, 3.63) is 46.4 Å². The van der Waals surface area contributed by atoms with Crippen molar-refractivity contribution in [2.75, 3.05) is 11.4 Å². The Balaban J connectivity index is 1.80. The van der Waals surface area contributed by atoms with E-state index in [1.54, 1.807) is 6.20 Å². The van der Waals surface area contributed by atoms with Gasteiger partial charge >= 0.3 is 0 Å². The van der Waals surface area contributed by atoms with Crippen molar-refractivity contribution in [1.29, 1.82) is 0 Å². The molecule has 108 valence electrons. The fourth-order valence-corrected chi connectivity index (χ4v) is 4.29. The van der Waals surface area contributed by atoms with Crippen molar-refractivity contribution in [1.82, 2.24) is 4.98 Å². The number of hydrogen-bond acceptors (Lipinski definition) is 3. The topological polar surface area (TPSA) is 37.6 Å². The average molecular weight is 321 g/mol. The van der Waals surface area contributed by atoms with E-state index >= 15 is 0 Å². The summed E-state index contributed by atoms with van der Waals surface area (Å²) in [5, 5.41) is 3.43. The second-order valence-corrected chi connectivity index (χ2v) is 6.81. The molecule has 6 heteroatoms. The zero-order chi connectivity index (χ0) is 14.4. The minimum Gasteiger partial charge on any atom is -0.301 e. The number of rotatable bonds is 2. The third kappa shape index (κ3) is 2.08. The van der Waals surface area contributed by atoms with Gasteiger partial charge in [0.05, 0.1) is 6.54 Å². The number of carbonyl (C=O) groups excluding carboxylic acids is 1. The van der Waals surface area contributed by atoms with Crippen LogP contribution in [0, 0.1) is 0 Å². The van der Waals surface area contributed by atoms with Crippen LogP contribution in [-0.4, -0.2) is 23.5 Å². The maximum Gasteiger partial charge on any atom is 0.292 e. The van der Waals surface area contributed by atoms with Crippen molar-refractivity contribution in [2.24, 2.45) is 0 Å². The molecule has 0 spiro atoms. The highest BCUT2D eigenvalue weighted by Gasteiger charge is 2.54. The van der Waals surface area contributed by atoms with Crippen LogP contribution in [0.5, 0.6) is 0 Å². The highest BCUT2D eigenvalue weighted by atomic mass is 35.5. The Morgan fingerprint density at radius 2 is 2.14 bits per heavy atom. The molecule has 0 aliphatic carbocycles. The molecule has 2 saturated heterocycles. The maximum absolute atomic E-state index is 12.8. The molecular weight excluding hydrogens is 306 g/mol. The Morgan fingerprint density at radius 1 is 1.33 bits per heavy atom. The first-order valence-electron chi connectivity index (χ1n) is 7.09. The molecule has 0 saturated carbocycles. The predicted molar refractivity (Wildman–Crippen MR) is 82.6 cm³/mol. The molecule has 3 unspecified atom stereocenters. The quantitative estimate of drug-likeness (QED) is 0.917. The number of quaternary nitrogens is 1. The SMILES string of the molecule is O=C1C2CCC[NH+]2C(c2ccc(Cl)cc2)N1c1nccs1. The first kappa shape index (κ1) is 13.2. The van der Waals surface area contributed by atoms with Gasteiger partial charge in [0, 0.05) is 35.0 Å². The van der Waals surface area contributed by atoms with Crippen molar-refractivity contribution in [3.8, 4) is 0 Å². The fraction of sp³-hybridized carbons (Fsp3) is 0.333. The van der Waals surface area contributed by atoms with E-state index in [4.69, 9.17) is 11.6 Å². The van der Waals surface area contributed by atoms with Gasteiger partial charge < -0.3 is 4.90 Å². The lowest BCUT2D eigenvalue weighted by Crippen LogP contribution is -3.12. The van der Waals surface area contributed by atoms with Crippen molar-refractivity contribution < 1.29 is 9.69 Å². The fourth-order valence-electron chi connectivity index (χ4n) is 3.49. The van der Waals surface area contributed by atoms with E-state index in [2.05, 4.69) is 4.98 Å². The number of fused-ring (bicyclic) bond motifs is 1. The molecule has 0 radical (unpaired) electrons. The number of anilines is 1. The van der Waals surface area contributed by atoms with Gasteiger partial charge in [0.1, 0.15) is 0 Å². The molecule has 2 aromatic rings. The summed E-state index contributed by atoms with van der Waals surface area (Å²) in [6.45, 7) is 1.03. The number of hydrogen-bond donors (Lipinski definition) is 1. The van der Waals surface area contributed by atoms with E-state index < -0.39 is 0 Å². The molecule has 1 aromatic heterocycles. The molecule has 1 aromatic carbocycles. The van der Waals surface area contributed by atoms with Crippen molar-refractivity contribution in [3.63, 3.8) is 0 Å². The van der Waals surface area contributed by atoms with Gasteiger partial charge in [0.25, 0.3) is 5.91 Å². The van der Waals surface area contributed by atoms with Crippen LogP contribution in [0.1, 0.15) is 24.6 Å². The number of thiazole rings is 1. The summed E-state index contributed by atoms with van der Waals surface area (Å²) < 4.78 is 0. The average Bonchev–Trinajstić information content (AvgIpc) is 3.19. The molecular formula is C15H15ClN3OS+. The Morgan fingerprint density at radius 3 is 2.86 bits per heavy atom. The first-order valence-corrected chi connectivity index (χ1v) is 8.35. The van der Waals surface area contributed by atoms with Gasteiger partial charge in [-0.15, -0.1) is 11.3 Å². The van der Waals surface area contributed by atoms with E-state index in [0.29, 0.717) is 0 Å². The van der Waals surface area contributed by atoms with Gasteiger partial charge in [-0.2, -0.15) is 0 Å². The highest BCUT2D eigenvalue weighted by molar-refractivity contribution is 7.13. The summed E-state index contributed by atoms with van der Waals surface area (Å²) in [4.78, 5) is 20.4. The molecule has 1 amide bonds. The lowest BCUT2D eigenvalue weighted by Gasteiger charge is -2.24. The molecule has 4 nitrogen and oxygen atoms in total. The minimum absolute atomic E-state index is 0.0217. The maximum atomic E-state index is 12.8. The molecule has 3 atom stereocenters. The van der Waals surface area contributed by atoms with Crippen LogP contribution in [0.15, 0.2) is 35.8 Å². The smallest absolute Gasteiger partial charge is 0.292 e. The predicted octanol–water partition coefficient (Wildman–Crippen LogP) is 1.89. The third-order valence-electron chi connectivity index (χ3n) is 4.36. The summed E-state index contributed by atoms with van der Waals surface area (Å²) in [5.41, 5.74) is 1.13. The molecule has 1 N–H and O–H groups in total. The lowest BCUT2D eigenvalue weighted by atomic mass is 10.1. The second kappa shape index (κ2) is 5.09. The molecule has 2 fully saturated rings. The molecule has 21 heavy (non-hydrogen) atoms. The molecule has 2 aliphatic heterocycles. The zero-order valence-electron chi connectivity index (χ0n) is 11.3. The van der Waals surface area contributed by atoms with Crippen molar-refractivity contribution in [2.45, 2.75) is 25.0 Å². The summed E-state index contributed by atoms with van der Waals surface area (Å²) in [5.74, 6) is 0.206. The number of aromatic nitrogens is 1. The van der Waals surface area contributed by atoms with Gasteiger partial charge in [-0.3, -0.25) is 4.79 Å². The lowest BCUT2D eigenvalue weighted by molar-refractivity contribution is -0.924. The number of nitrogens with one attached hydrogen (secondary N) is 1. The first-order chi connectivity index (χ1) is 10.3. The van der Waals surface area contributed by atoms with E-state index in [-0.39, 0.29) is 18.1 Å². The van der Waals surface area contributed by atoms with Crippen LogP contribution in [0.3, 0.4) is 0 Å². The van der Waals surface area contributed by atoms with Crippen molar-refractivity contribution >= 4 is 34.0 Å². The van der Waals surface area contributed by atoms with Crippen LogP contribution in [-0.2, 0) is 4.79 Å². The second-order valence-electron chi connectivity index (χ2n) is 5.50. The number of benzene rings is 1. The Labute approximate surface area is 132 Å². The number of amides is 1. The number of halogens is 1. The molecule has 2 aliphatic rings. The zero-order valence-corrected chi connectivity index (χ0v) is 12.9. The van der Waals surface area contributed by atoms with E-state index in [9.17, 15) is 4.79 Å². The normalized spacial score (nSPS) is 28.1. The standard InChI is InChI=1S/C15H14ClN3OS/c16-11-5-3-10(4-6-11)13-18-8-1-2-12(18)14(20)19(13)15-17-7-9-21-15/h3-7,9,12-13H,1-2,8H2/p+1. The molecule has 0 bridgehead atoms.